The van der Waals surface area contributed by atoms with Gasteiger partial charge in [-0.25, -0.2) is 0 Å². The van der Waals surface area contributed by atoms with Gasteiger partial charge in [0.2, 0.25) is 0 Å². The number of rotatable bonds is 3. The SMILES string of the molecule is CCC1(C)CNC2(CCCC2)CN1Cc1ccc(Br)s1. The smallest absolute Gasteiger partial charge is 0.0701 e. The highest BCUT2D eigenvalue weighted by atomic mass is 79.9. The zero-order valence-electron chi connectivity index (χ0n) is 12.5. The van der Waals surface area contributed by atoms with Gasteiger partial charge in [-0.15, -0.1) is 11.3 Å². The molecule has 0 amide bonds. The lowest BCUT2D eigenvalue weighted by Crippen LogP contribution is -2.67. The van der Waals surface area contributed by atoms with E-state index in [1.54, 1.807) is 0 Å². The Bertz CT molecular complexity index is 467. The number of nitrogens with one attached hydrogen (secondary N) is 1. The largest absolute Gasteiger partial charge is 0.308 e. The second-order valence-electron chi connectivity index (χ2n) is 6.75. The molecular formula is C16H25BrN2S. The fourth-order valence-electron chi connectivity index (χ4n) is 3.71. The molecule has 2 fully saturated rings. The molecule has 3 rings (SSSR count). The number of piperazine rings is 1. The van der Waals surface area contributed by atoms with Crippen LogP contribution in [0.4, 0.5) is 0 Å². The van der Waals surface area contributed by atoms with Gasteiger partial charge in [0.05, 0.1) is 3.79 Å². The lowest BCUT2D eigenvalue weighted by molar-refractivity contribution is 0.00852. The third kappa shape index (κ3) is 2.85. The molecule has 1 atom stereocenters. The maximum absolute atomic E-state index is 3.91. The molecule has 4 heteroatoms. The third-order valence-electron chi connectivity index (χ3n) is 5.40. The van der Waals surface area contributed by atoms with E-state index in [0.29, 0.717) is 11.1 Å². The Hall–Kier alpha value is 0.1000. The van der Waals surface area contributed by atoms with Crippen molar-refractivity contribution in [1.29, 1.82) is 0 Å². The van der Waals surface area contributed by atoms with Gasteiger partial charge in [-0.1, -0.05) is 19.8 Å². The van der Waals surface area contributed by atoms with Gasteiger partial charge in [0.25, 0.3) is 0 Å². The molecule has 1 aliphatic carbocycles. The van der Waals surface area contributed by atoms with Crippen LogP contribution in [0.5, 0.6) is 0 Å². The van der Waals surface area contributed by atoms with E-state index >= 15 is 0 Å². The fraction of sp³-hybridized carbons (Fsp3) is 0.750. The van der Waals surface area contributed by atoms with Gasteiger partial charge < -0.3 is 5.32 Å². The van der Waals surface area contributed by atoms with Gasteiger partial charge in [0, 0.05) is 35.6 Å². The molecule has 0 bridgehead atoms. The average Bonchev–Trinajstić information content (AvgIpc) is 3.05. The predicted octanol–water partition coefficient (Wildman–Crippen LogP) is 4.40. The summed E-state index contributed by atoms with van der Waals surface area (Å²) in [6.07, 6.45) is 6.72. The van der Waals surface area contributed by atoms with Crippen LogP contribution in [0.3, 0.4) is 0 Å². The summed E-state index contributed by atoms with van der Waals surface area (Å²) in [7, 11) is 0. The first-order valence-corrected chi connectivity index (χ1v) is 9.41. The second kappa shape index (κ2) is 5.71. The molecule has 1 aromatic heterocycles. The Balaban J connectivity index is 1.78. The Labute approximate surface area is 135 Å². The Morgan fingerprint density at radius 3 is 2.70 bits per heavy atom. The maximum atomic E-state index is 3.91. The van der Waals surface area contributed by atoms with Crippen LogP contribution < -0.4 is 5.32 Å². The summed E-state index contributed by atoms with van der Waals surface area (Å²) in [6.45, 7) is 8.20. The Kier molecular flexibility index (Phi) is 4.29. The van der Waals surface area contributed by atoms with E-state index in [0.717, 1.165) is 13.1 Å². The minimum Gasteiger partial charge on any atom is -0.308 e. The monoisotopic (exact) mass is 356 g/mol. The van der Waals surface area contributed by atoms with Crippen molar-refractivity contribution in [3.8, 4) is 0 Å². The molecule has 1 unspecified atom stereocenters. The van der Waals surface area contributed by atoms with Crippen molar-refractivity contribution in [2.75, 3.05) is 13.1 Å². The van der Waals surface area contributed by atoms with Crippen LogP contribution in [0.25, 0.3) is 0 Å². The molecule has 1 aromatic rings. The van der Waals surface area contributed by atoms with Gasteiger partial charge >= 0.3 is 0 Å². The van der Waals surface area contributed by atoms with E-state index in [2.05, 4.69) is 52.1 Å². The molecule has 2 nitrogen and oxygen atoms in total. The summed E-state index contributed by atoms with van der Waals surface area (Å²) in [5.74, 6) is 0. The van der Waals surface area contributed by atoms with E-state index in [-0.39, 0.29) is 0 Å². The average molecular weight is 357 g/mol. The van der Waals surface area contributed by atoms with Gasteiger partial charge in [0.1, 0.15) is 0 Å². The second-order valence-corrected chi connectivity index (χ2v) is 9.30. The van der Waals surface area contributed by atoms with E-state index < -0.39 is 0 Å². The van der Waals surface area contributed by atoms with Crippen molar-refractivity contribution in [1.82, 2.24) is 10.2 Å². The summed E-state index contributed by atoms with van der Waals surface area (Å²) in [5.41, 5.74) is 0.702. The molecule has 112 valence electrons. The molecule has 1 saturated carbocycles. The summed E-state index contributed by atoms with van der Waals surface area (Å²) >= 11 is 5.47. The number of hydrogen-bond acceptors (Lipinski definition) is 3. The molecular weight excluding hydrogens is 332 g/mol. The van der Waals surface area contributed by atoms with Gasteiger partial charge in [-0.05, 0) is 54.2 Å². The zero-order chi connectivity index (χ0) is 14.2. The number of hydrogen-bond donors (Lipinski definition) is 1. The molecule has 2 heterocycles. The van der Waals surface area contributed by atoms with Gasteiger partial charge in [-0.2, -0.15) is 0 Å². The summed E-state index contributed by atoms with van der Waals surface area (Å²) < 4.78 is 1.25. The topological polar surface area (TPSA) is 15.3 Å². The maximum Gasteiger partial charge on any atom is 0.0701 e. The lowest BCUT2D eigenvalue weighted by atomic mass is 9.85. The highest BCUT2D eigenvalue weighted by Gasteiger charge is 2.45. The van der Waals surface area contributed by atoms with Crippen molar-refractivity contribution in [3.63, 3.8) is 0 Å². The van der Waals surface area contributed by atoms with Crippen LogP contribution in [0.15, 0.2) is 15.9 Å². The van der Waals surface area contributed by atoms with Gasteiger partial charge in [-0.3, -0.25) is 4.90 Å². The van der Waals surface area contributed by atoms with Crippen molar-refractivity contribution >= 4 is 27.3 Å². The number of halogens is 1. The molecule has 0 radical (unpaired) electrons. The molecule has 0 aromatic carbocycles. The molecule has 1 saturated heterocycles. The Morgan fingerprint density at radius 2 is 2.10 bits per heavy atom. The molecule has 1 aliphatic heterocycles. The first kappa shape index (κ1) is 15.0. The van der Waals surface area contributed by atoms with Crippen LogP contribution in [0.2, 0.25) is 0 Å². The first-order valence-electron chi connectivity index (χ1n) is 7.80. The molecule has 1 spiro atoms. The van der Waals surface area contributed by atoms with Crippen LogP contribution in [-0.4, -0.2) is 29.1 Å². The van der Waals surface area contributed by atoms with Crippen LogP contribution in [0.1, 0.15) is 50.8 Å². The minimum absolute atomic E-state index is 0.296. The van der Waals surface area contributed by atoms with Crippen LogP contribution in [0, 0.1) is 0 Å². The van der Waals surface area contributed by atoms with Crippen molar-refractivity contribution in [2.24, 2.45) is 0 Å². The van der Waals surface area contributed by atoms with Gasteiger partial charge in [0.15, 0.2) is 0 Å². The normalized spacial score (nSPS) is 30.1. The van der Waals surface area contributed by atoms with E-state index in [4.69, 9.17) is 0 Å². The Morgan fingerprint density at radius 1 is 1.35 bits per heavy atom. The molecule has 2 aliphatic rings. The quantitative estimate of drug-likeness (QED) is 0.863. The highest BCUT2D eigenvalue weighted by molar-refractivity contribution is 9.11. The van der Waals surface area contributed by atoms with E-state index in [1.165, 1.54) is 47.3 Å². The van der Waals surface area contributed by atoms with Crippen LogP contribution >= 0.6 is 27.3 Å². The summed E-state index contributed by atoms with van der Waals surface area (Å²) in [6, 6.07) is 4.45. The van der Waals surface area contributed by atoms with Crippen molar-refractivity contribution in [3.05, 3.63) is 20.8 Å². The number of nitrogens with zero attached hydrogens (tertiary/aromatic N) is 1. The third-order valence-corrected chi connectivity index (χ3v) is 7.01. The number of thiophene rings is 1. The molecule has 1 N–H and O–H groups in total. The summed E-state index contributed by atoms with van der Waals surface area (Å²) in [4.78, 5) is 4.22. The first-order chi connectivity index (χ1) is 9.55. The minimum atomic E-state index is 0.296. The fourth-order valence-corrected chi connectivity index (χ4v) is 5.21. The highest BCUT2D eigenvalue weighted by Crippen LogP contribution is 2.38. The lowest BCUT2D eigenvalue weighted by Gasteiger charge is -2.52. The molecule has 20 heavy (non-hydrogen) atoms. The van der Waals surface area contributed by atoms with E-state index in [1.807, 2.05) is 11.3 Å². The standard InChI is InChI=1S/C16H25BrN2S/c1-3-15(2)11-18-16(8-4-5-9-16)12-19(15)10-13-6-7-14(17)20-13/h6-7,18H,3-5,8-12H2,1-2H3. The summed E-state index contributed by atoms with van der Waals surface area (Å²) in [5, 5.41) is 3.91. The van der Waals surface area contributed by atoms with Crippen molar-refractivity contribution < 1.29 is 0 Å². The zero-order valence-corrected chi connectivity index (χ0v) is 14.9. The predicted molar refractivity (Wildman–Crippen MR) is 90.3 cm³/mol. The van der Waals surface area contributed by atoms with Crippen LogP contribution in [-0.2, 0) is 6.54 Å². The van der Waals surface area contributed by atoms with E-state index in [9.17, 15) is 0 Å². The van der Waals surface area contributed by atoms with Crippen molar-refractivity contribution in [2.45, 2.75) is 63.6 Å².